The van der Waals surface area contributed by atoms with Gasteiger partial charge < -0.3 is 28.6 Å². The van der Waals surface area contributed by atoms with Crippen molar-refractivity contribution in [2.24, 2.45) is 0 Å². The van der Waals surface area contributed by atoms with E-state index in [0.29, 0.717) is 16.7 Å². The quantitative estimate of drug-likeness (QED) is 0.0395. The van der Waals surface area contributed by atoms with Gasteiger partial charge in [0, 0.05) is 30.5 Å². The number of carbonyl (C=O) groups excluding carboxylic acids is 5. The van der Waals surface area contributed by atoms with Gasteiger partial charge in [0.05, 0.1) is 22.3 Å². The predicted molar refractivity (Wildman–Crippen MR) is 248 cm³/mol. The van der Waals surface area contributed by atoms with Crippen LogP contribution in [0.5, 0.6) is 0 Å². The van der Waals surface area contributed by atoms with Crippen LogP contribution in [0.1, 0.15) is 54.3 Å². The molecule has 0 radical (unpaired) electrons. The van der Waals surface area contributed by atoms with Gasteiger partial charge in [-0.2, -0.15) is 74.6 Å². The number of halogens is 17. The second-order valence-electron chi connectivity index (χ2n) is 17.4. The van der Waals surface area contributed by atoms with Crippen LogP contribution in [0.15, 0.2) is 150 Å². The Morgan fingerprint density at radius 2 is 0.815 bits per heavy atom. The van der Waals surface area contributed by atoms with Crippen LogP contribution in [0.3, 0.4) is 0 Å². The Morgan fingerprint density at radius 1 is 0.457 bits per heavy atom. The molecule has 0 saturated carbocycles. The Bertz CT molecular complexity index is 3000. The van der Waals surface area contributed by atoms with Crippen LogP contribution in [0.4, 0.5) is 80.3 Å². The summed E-state index contributed by atoms with van der Waals surface area (Å²) in [4.78, 5) is 68.3. The summed E-state index contributed by atoms with van der Waals surface area (Å²) in [7, 11) is 0.736. The summed E-state index contributed by atoms with van der Waals surface area (Å²) in [5, 5.41) is 0. The molecule has 0 aliphatic carbocycles. The van der Waals surface area contributed by atoms with Gasteiger partial charge in [-0.25, -0.2) is 19.2 Å². The Hall–Kier alpha value is -7.43. The van der Waals surface area contributed by atoms with Crippen molar-refractivity contribution in [3.8, 4) is 0 Å². The summed E-state index contributed by atoms with van der Waals surface area (Å²) in [6.07, 6.45) is -20.0. The minimum atomic E-state index is -8.81. The first kappa shape index (κ1) is 62.8. The van der Waals surface area contributed by atoms with E-state index >= 15 is 0 Å². The molecule has 1 fully saturated rings. The minimum Gasteiger partial charge on any atom is -0.459 e. The third kappa shape index (κ3) is 12.7. The maximum atomic E-state index is 14.8. The molecular formula is C52H38F17NO10S. The number of benzene rings is 5. The lowest BCUT2D eigenvalue weighted by molar-refractivity contribution is -0.461. The summed E-state index contributed by atoms with van der Waals surface area (Å²) in [5.41, 5.74) is -2.07. The zero-order valence-electron chi connectivity index (χ0n) is 40.7. The van der Waals surface area contributed by atoms with E-state index in [1.54, 1.807) is 24.3 Å². The van der Waals surface area contributed by atoms with Gasteiger partial charge in [-0.15, -0.1) is 0 Å². The van der Waals surface area contributed by atoms with Crippen LogP contribution < -0.4 is 4.90 Å². The van der Waals surface area contributed by atoms with Crippen molar-refractivity contribution in [2.45, 2.75) is 95.2 Å². The summed E-state index contributed by atoms with van der Waals surface area (Å²) in [5.74, 6) is -63.7. The predicted octanol–water partition coefficient (Wildman–Crippen LogP) is 12.8. The lowest BCUT2D eigenvalue weighted by Crippen LogP contribution is -2.74. The van der Waals surface area contributed by atoms with E-state index in [1.807, 2.05) is 0 Å². The molecule has 5 atom stereocenters. The van der Waals surface area contributed by atoms with Gasteiger partial charge in [0.15, 0.2) is 18.3 Å². The second kappa shape index (κ2) is 24.0. The molecule has 1 aliphatic rings. The van der Waals surface area contributed by atoms with E-state index in [9.17, 15) is 98.6 Å². The molecule has 5 aromatic carbocycles. The average Bonchev–Trinajstić information content (AvgIpc) is 3.48. The maximum absolute atomic E-state index is 14.8. The highest BCUT2D eigenvalue weighted by atomic mass is 32.2. The molecule has 0 aromatic heterocycles. The van der Waals surface area contributed by atoms with E-state index in [0.717, 1.165) is 31.3 Å². The number of nitrogens with zero attached hydrogens (tertiary/aromatic N) is 1. The molecule has 0 bridgehead atoms. The molecule has 436 valence electrons. The minimum absolute atomic E-state index is 0.0310. The van der Waals surface area contributed by atoms with E-state index in [2.05, 4.69) is 0 Å². The van der Waals surface area contributed by atoms with E-state index < -0.39 is 127 Å². The van der Waals surface area contributed by atoms with Crippen LogP contribution in [0, 0.1) is 0 Å². The number of rotatable bonds is 21. The molecule has 1 amide bonds. The van der Waals surface area contributed by atoms with Crippen LogP contribution >= 0.6 is 11.8 Å². The molecule has 1 heterocycles. The van der Waals surface area contributed by atoms with Gasteiger partial charge in [0.2, 0.25) is 5.91 Å². The van der Waals surface area contributed by atoms with Crippen molar-refractivity contribution in [1.29, 1.82) is 0 Å². The third-order valence-corrected chi connectivity index (χ3v) is 13.2. The van der Waals surface area contributed by atoms with Gasteiger partial charge in [-0.3, -0.25) is 4.79 Å². The van der Waals surface area contributed by atoms with Gasteiger partial charge in [-0.1, -0.05) is 84.6 Å². The molecule has 0 unspecified atom stereocenters. The third-order valence-electron chi connectivity index (χ3n) is 12.0. The molecule has 5 aromatic rings. The number of ether oxygens (including phenoxy) is 5. The Labute approximate surface area is 450 Å². The van der Waals surface area contributed by atoms with Crippen molar-refractivity contribution in [3.05, 3.63) is 168 Å². The first-order valence-electron chi connectivity index (χ1n) is 23.0. The Morgan fingerprint density at radius 3 is 1.22 bits per heavy atom. The molecule has 0 N–H and O–H groups in total. The van der Waals surface area contributed by atoms with E-state index in [1.165, 1.54) is 97.1 Å². The van der Waals surface area contributed by atoms with Crippen molar-refractivity contribution in [3.63, 3.8) is 0 Å². The van der Waals surface area contributed by atoms with Crippen molar-refractivity contribution in [1.82, 2.24) is 0 Å². The van der Waals surface area contributed by atoms with Gasteiger partial charge in [-0.05, 0) is 72.8 Å². The Kier molecular flexibility index (Phi) is 18.6. The zero-order valence-corrected chi connectivity index (χ0v) is 41.5. The normalized spacial score (nSPS) is 18.5. The summed E-state index contributed by atoms with van der Waals surface area (Å²) in [6, 6.07) is 33.4. The smallest absolute Gasteiger partial charge is 0.459 e. The van der Waals surface area contributed by atoms with Crippen LogP contribution in [-0.2, 0) is 28.5 Å². The molecular weight excluding hydrogens is 1150 g/mol. The lowest BCUT2D eigenvalue weighted by Gasteiger charge is -2.44. The number of anilines is 1. The molecule has 29 heteroatoms. The first-order chi connectivity index (χ1) is 37.6. The fourth-order valence-electron chi connectivity index (χ4n) is 7.43. The monoisotopic (exact) mass is 1190 g/mol. The highest BCUT2D eigenvalue weighted by Gasteiger charge is 2.95. The number of thioether (sulfide) groups is 1. The highest BCUT2D eigenvalue weighted by Crippen LogP contribution is 2.64. The van der Waals surface area contributed by atoms with Crippen molar-refractivity contribution < 1.29 is 122 Å². The molecule has 81 heavy (non-hydrogen) atoms. The summed E-state index contributed by atoms with van der Waals surface area (Å²) >= 11 is 0.656. The van der Waals surface area contributed by atoms with E-state index in [-0.39, 0.29) is 32.8 Å². The second-order valence-corrected chi connectivity index (χ2v) is 18.6. The number of hydrogen-bond donors (Lipinski definition) is 0. The van der Waals surface area contributed by atoms with Gasteiger partial charge >= 0.3 is 71.5 Å². The summed E-state index contributed by atoms with van der Waals surface area (Å²) < 4.78 is 265. The standard InChI is InChI=1S/C52H38F17NO10S/c1-70(36(71)26-27-45(53,54)46(55,56)47(57,58)48(59,60)49(61,62)50(63,64)51(65,66)52(67,68)69)33-22-24-34(25-23-33)81-44-39(80-43(75)32-20-12-5-13-21-32)38(79-42(74)31-18-10-4-11-19-31)37(78-41(73)30-16-8-3-9-17-30)35(77-44)28-76-40(72)29-14-6-2-7-15-29/h2-25,35,37-39,44H,26-28H2,1H3/t35-,37-,38+,39-,44+/m1/s1. The number of amides is 1. The summed E-state index contributed by atoms with van der Waals surface area (Å²) in [6.45, 7) is -0.754. The fraction of sp³-hybridized carbons (Fsp3) is 0.327. The Balaban J connectivity index is 1.29. The maximum Gasteiger partial charge on any atom is 0.460 e. The van der Waals surface area contributed by atoms with E-state index in [4.69, 9.17) is 23.7 Å². The largest absolute Gasteiger partial charge is 0.460 e. The zero-order chi connectivity index (χ0) is 60.1. The highest BCUT2D eigenvalue weighted by molar-refractivity contribution is 7.99. The molecule has 6 rings (SSSR count). The van der Waals surface area contributed by atoms with Crippen molar-refractivity contribution in [2.75, 3.05) is 18.6 Å². The van der Waals surface area contributed by atoms with Crippen LogP contribution in [0.25, 0.3) is 0 Å². The number of carbonyl (C=O) groups is 5. The molecule has 1 aliphatic heterocycles. The molecule has 0 spiro atoms. The number of esters is 4. The SMILES string of the molecule is CN(C(=O)CCC(F)(F)C(F)(F)C(F)(F)C(F)(F)C(F)(F)C(F)(F)C(F)(F)C(F)(F)F)c1ccc(S[C@@H]2O[C@H](COC(=O)c3ccccc3)[C@@H](OC(=O)c3ccccc3)[C@H](OC(=O)c3ccccc3)[C@H]2OC(=O)c2ccccc2)cc1. The van der Waals surface area contributed by atoms with Crippen LogP contribution in [-0.4, -0.2) is 121 Å². The number of hydrogen-bond acceptors (Lipinski definition) is 11. The topological polar surface area (TPSA) is 135 Å². The molecule has 11 nitrogen and oxygen atoms in total. The lowest BCUT2D eigenvalue weighted by atomic mass is 9.88. The first-order valence-corrected chi connectivity index (χ1v) is 23.9. The van der Waals surface area contributed by atoms with Gasteiger partial charge in [0.25, 0.3) is 0 Å². The average molecular weight is 1190 g/mol. The van der Waals surface area contributed by atoms with Crippen molar-refractivity contribution >= 4 is 47.2 Å². The van der Waals surface area contributed by atoms with Gasteiger partial charge in [0.1, 0.15) is 18.1 Å². The van der Waals surface area contributed by atoms with Crippen LogP contribution in [0.2, 0.25) is 0 Å². The number of alkyl halides is 17. The molecule has 1 saturated heterocycles. The fourth-order valence-corrected chi connectivity index (χ4v) is 8.54.